The minimum atomic E-state index is 0.745. The summed E-state index contributed by atoms with van der Waals surface area (Å²) in [4.78, 5) is 0. The molecule has 0 amide bonds. The molecule has 1 saturated carbocycles. The smallest absolute Gasteiger partial charge is 0.0624 e. The van der Waals surface area contributed by atoms with Crippen LogP contribution in [0.2, 0.25) is 0 Å². The Morgan fingerprint density at radius 2 is 2.25 bits per heavy atom. The van der Waals surface area contributed by atoms with Crippen LogP contribution in [0.15, 0.2) is 0 Å². The molecule has 1 heteroatoms. The van der Waals surface area contributed by atoms with Crippen LogP contribution in [-0.4, -0.2) is 0 Å². The van der Waals surface area contributed by atoms with E-state index in [1.54, 1.807) is 0 Å². The lowest BCUT2D eigenvalue weighted by Gasteiger charge is -2.30. The summed E-state index contributed by atoms with van der Waals surface area (Å²) in [5.41, 5.74) is 0. The van der Waals surface area contributed by atoms with E-state index < -0.39 is 0 Å². The zero-order valence-electron chi connectivity index (χ0n) is 5.22. The molecule has 1 fully saturated rings. The molecular formula is C7H11N. The van der Waals surface area contributed by atoms with E-state index in [2.05, 4.69) is 13.0 Å². The summed E-state index contributed by atoms with van der Waals surface area (Å²) in [6, 6.07) is 2.19. The highest BCUT2D eigenvalue weighted by Gasteiger charge is 2.24. The first-order valence-electron chi connectivity index (χ1n) is 3.20. The molecule has 0 N–H and O–H groups in total. The van der Waals surface area contributed by atoms with Gasteiger partial charge in [-0.25, -0.2) is 0 Å². The lowest BCUT2D eigenvalue weighted by molar-refractivity contribution is 0.217. The molecule has 0 saturated heterocycles. The topological polar surface area (TPSA) is 23.8 Å². The lowest BCUT2D eigenvalue weighted by Crippen LogP contribution is -2.19. The first-order chi connectivity index (χ1) is 3.83. The van der Waals surface area contributed by atoms with Crippen LogP contribution in [0.4, 0.5) is 0 Å². The summed E-state index contributed by atoms with van der Waals surface area (Å²) >= 11 is 0. The Kier molecular flexibility index (Phi) is 1.53. The van der Waals surface area contributed by atoms with E-state index in [0.29, 0.717) is 0 Å². The van der Waals surface area contributed by atoms with Crippen molar-refractivity contribution in [2.45, 2.75) is 26.2 Å². The highest BCUT2D eigenvalue weighted by atomic mass is 14.3. The van der Waals surface area contributed by atoms with E-state index in [0.717, 1.165) is 18.3 Å². The second kappa shape index (κ2) is 2.17. The third-order valence-electron chi connectivity index (χ3n) is 1.85. The maximum atomic E-state index is 8.24. The van der Waals surface area contributed by atoms with Gasteiger partial charge < -0.3 is 0 Å². The van der Waals surface area contributed by atoms with E-state index in [-0.39, 0.29) is 0 Å². The molecule has 0 aromatic carbocycles. The van der Waals surface area contributed by atoms with Gasteiger partial charge in [-0.15, -0.1) is 0 Å². The Hall–Kier alpha value is -0.510. The summed E-state index contributed by atoms with van der Waals surface area (Å²) in [5, 5.41) is 8.24. The molecule has 1 aliphatic carbocycles. The normalized spacial score (nSPS) is 35.5. The quantitative estimate of drug-likeness (QED) is 0.505. The molecule has 0 aromatic rings. The van der Waals surface area contributed by atoms with Crippen LogP contribution in [0, 0.1) is 23.2 Å². The summed E-state index contributed by atoms with van der Waals surface area (Å²) in [6.07, 6.45) is 3.35. The van der Waals surface area contributed by atoms with Crippen molar-refractivity contribution < 1.29 is 0 Å². The van der Waals surface area contributed by atoms with Crippen molar-refractivity contribution in [3.8, 4) is 6.07 Å². The molecule has 0 radical (unpaired) electrons. The van der Waals surface area contributed by atoms with Crippen LogP contribution in [0.3, 0.4) is 0 Å². The van der Waals surface area contributed by atoms with Gasteiger partial charge in [-0.3, -0.25) is 0 Å². The van der Waals surface area contributed by atoms with Crippen LogP contribution in [-0.2, 0) is 0 Å². The van der Waals surface area contributed by atoms with Crippen molar-refractivity contribution in [1.29, 1.82) is 5.26 Å². The van der Waals surface area contributed by atoms with Gasteiger partial charge in [-0.05, 0) is 24.7 Å². The lowest BCUT2D eigenvalue weighted by atomic mass is 9.75. The van der Waals surface area contributed by atoms with Gasteiger partial charge in [0.25, 0.3) is 0 Å². The largest absolute Gasteiger partial charge is 0.198 e. The molecule has 8 heavy (non-hydrogen) atoms. The highest BCUT2D eigenvalue weighted by Crippen LogP contribution is 2.34. The average Bonchev–Trinajstić information content (AvgIpc) is 1.64. The minimum Gasteiger partial charge on any atom is -0.198 e. The molecule has 0 atom stereocenters. The maximum Gasteiger partial charge on any atom is 0.0624 e. The molecule has 1 nitrogen and oxygen atoms in total. The predicted molar refractivity (Wildman–Crippen MR) is 32.1 cm³/mol. The number of rotatable bonds is 1. The van der Waals surface area contributed by atoms with Crippen molar-refractivity contribution in [2.24, 2.45) is 11.8 Å². The van der Waals surface area contributed by atoms with Gasteiger partial charge >= 0.3 is 0 Å². The molecule has 0 spiro atoms. The second-order valence-corrected chi connectivity index (χ2v) is 2.80. The van der Waals surface area contributed by atoms with Crippen molar-refractivity contribution in [2.75, 3.05) is 0 Å². The maximum absolute atomic E-state index is 8.24. The van der Waals surface area contributed by atoms with Crippen molar-refractivity contribution in [1.82, 2.24) is 0 Å². The molecule has 1 aliphatic rings. The number of nitrogens with zero attached hydrogens (tertiary/aromatic N) is 1. The number of hydrogen-bond donors (Lipinski definition) is 0. The molecule has 44 valence electrons. The van der Waals surface area contributed by atoms with E-state index in [1.807, 2.05) is 0 Å². The Morgan fingerprint density at radius 3 is 2.62 bits per heavy atom. The van der Waals surface area contributed by atoms with Gasteiger partial charge in [0.15, 0.2) is 0 Å². The summed E-state index contributed by atoms with van der Waals surface area (Å²) in [7, 11) is 0. The monoisotopic (exact) mass is 109 g/mol. The third kappa shape index (κ3) is 1.01. The van der Waals surface area contributed by atoms with Crippen molar-refractivity contribution in [3.63, 3.8) is 0 Å². The molecule has 0 aromatic heterocycles. The van der Waals surface area contributed by atoms with Crippen LogP contribution in [0.5, 0.6) is 0 Å². The fourth-order valence-corrected chi connectivity index (χ4v) is 1.36. The van der Waals surface area contributed by atoms with E-state index in [9.17, 15) is 0 Å². The van der Waals surface area contributed by atoms with Gasteiger partial charge in [-0.1, -0.05) is 6.92 Å². The van der Waals surface area contributed by atoms with Gasteiger partial charge in [0.2, 0.25) is 0 Å². The predicted octanol–water partition coefficient (Wildman–Crippen LogP) is 1.95. The zero-order chi connectivity index (χ0) is 5.98. The van der Waals surface area contributed by atoms with Crippen molar-refractivity contribution in [3.05, 3.63) is 0 Å². The molecule has 0 bridgehead atoms. The van der Waals surface area contributed by atoms with E-state index in [4.69, 9.17) is 5.26 Å². The van der Waals surface area contributed by atoms with Gasteiger partial charge in [0, 0.05) is 6.42 Å². The highest BCUT2D eigenvalue weighted by molar-refractivity contribution is 4.84. The number of hydrogen-bond acceptors (Lipinski definition) is 1. The fraction of sp³-hybridized carbons (Fsp3) is 0.857. The molecule has 1 rings (SSSR count). The van der Waals surface area contributed by atoms with Gasteiger partial charge in [0.05, 0.1) is 6.07 Å². The third-order valence-corrected chi connectivity index (χ3v) is 1.85. The zero-order valence-corrected chi connectivity index (χ0v) is 5.22. The fourth-order valence-electron chi connectivity index (χ4n) is 1.36. The molecule has 0 aliphatic heterocycles. The Labute approximate surface area is 50.3 Å². The first kappa shape index (κ1) is 5.62. The summed E-state index contributed by atoms with van der Waals surface area (Å²) < 4.78 is 0. The summed E-state index contributed by atoms with van der Waals surface area (Å²) in [6.45, 7) is 2.24. The standard InChI is InChI=1S/C7H11N/c1-6-4-7(5-6)2-3-8/h6-7H,2,4-5H2,1H3/t6-,7+. The van der Waals surface area contributed by atoms with E-state index in [1.165, 1.54) is 12.8 Å². The molecular weight excluding hydrogens is 98.1 g/mol. The Bertz CT molecular complexity index is 106. The van der Waals surface area contributed by atoms with Gasteiger partial charge in [-0.2, -0.15) is 5.26 Å². The number of nitriles is 1. The SMILES string of the molecule is C[C@H]1C[C@@H](CC#N)C1. The minimum absolute atomic E-state index is 0.745. The van der Waals surface area contributed by atoms with Crippen molar-refractivity contribution >= 4 is 0 Å². The van der Waals surface area contributed by atoms with Crippen LogP contribution < -0.4 is 0 Å². The first-order valence-corrected chi connectivity index (χ1v) is 3.20. The van der Waals surface area contributed by atoms with E-state index >= 15 is 0 Å². The second-order valence-electron chi connectivity index (χ2n) is 2.80. The van der Waals surface area contributed by atoms with Crippen LogP contribution >= 0.6 is 0 Å². The molecule has 0 unspecified atom stereocenters. The molecule has 0 heterocycles. The van der Waals surface area contributed by atoms with Crippen LogP contribution in [0.25, 0.3) is 0 Å². The Morgan fingerprint density at radius 1 is 1.62 bits per heavy atom. The average molecular weight is 109 g/mol. The van der Waals surface area contributed by atoms with Gasteiger partial charge in [0.1, 0.15) is 0 Å². The van der Waals surface area contributed by atoms with Crippen LogP contribution in [0.1, 0.15) is 26.2 Å². The summed E-state index contributed by atoms with van der Waals surface area (Å²) in [5.74, 6) is 1.64. The Balaban J connectivity index is 2.09.